The first kappa shape index (κ1) is 10.8. The Morgan fingerprint density at radius 2 is 1.88 bits per heavy atom. The van der Waals surface area contributed by atoms with Crippen molar-refractivity contribution in [2.24, 2.45) is 0 Å². The van der Waals surface area contributed by atoms with Gasteiger partial charge in [-0.25, -0.2) is 0 Å². The molecule has 3 rings (SSSR count). The maximum Gasteiger partial charge on any atom is 0.103 e. The van der Waals surface area contributed by atoms with Crippen molar-refractivity contribution in [3.8, 4) is 0 Å². The van der Waals surface area contributed by atoms with Gasteiger partial charge in [-0.15, -0.1) is 0 Å². The van der Waals surface area contributed by atoms with Crippen molar-refractivity contribution in [2.45, 2.75) is 18.4 Å². The van der Waals surface area contributed by atoms with Gasteiger partial charge in [0.2, 0.25) is 0 Å². The Kier molecular flexibility index (Phi) is 2.61. The van der Waals surface area contributed by atoms with Gasteiger partial charge in [-0.2, -0.15) is 0 Å². The van der Waals surface area contributed by atoms with Gasteiger partial charge in [0.15, 0.2) is 0 Å². The Morgan fingerprint density at radius 3 is 2.71 bits per heavy atom. The second-order valence-corrected chi connectivity index (χ2v) is 4.84. The van der Waals surface area contributed by atoms with E-state index in [2.05, 4.69) is 29.6 Å². The largest absolute Gasteiger partial charge is 0.384 e. The van der Waals surface area contributed by atoms with Gasteiger partial charge in [0.25, 0.3) is 0 Å². The van der Waals surface area contributed by atoms with Gasteiger partial charge in [0, 0.05) is 6.54 Å². The lowest BCUT2D eigenvalue weighted by molar-refractivity contribution is 0.0137. The van der Waals surface area contributed by atoms with E-state index in [4.69, 9.17) is 0 Å². The third kappa shape index (κ3) is 1.84. The Morgan fingerprint density at radius 1 is 1.06 bits per heavy atom. The van der Waals surface area contributed by atoms with Crippen LogP contribution in [0.5, 0.6) is 0 Å². The third-order valence-electron chi connectivity index (χ3n) is 3.65. The monoisotopic (exact) mass is 227 g/mol. The maximum absolute atomic E-state index is 10.8. The lowest BCUT2D eigenvalue weighted by Crippen LogP contribution is -2.43. The molecule has 0 bridgehead atoms. The summed E-state index contributed by atoms with van der Waals surface area (Å²) in [6.07, 6.45) is 1.87. The van der Waals surface area contributed by atoms with Crippen LogP contribution in [0.2, 0.25) is 0 Å². The highest BCUT2D eigenvalue weighted by atomic mass is 16.3. The molecule has 0 amide bonds. The number of hydrogen-bond donors (Lipinski definition) is 2. The number of benzene rings is 2. The number of nitrogens with one attached hydrogen (secondary N) is 1. The first-order valence-electron chi connectivity index (χ1n) is 6.21. The highest BCUT2D eigenvalue weighted by molar-refractivity contribution is 5.86. The maximum atomic E-state index is 10.8. The van der Waals surface area contributed by atoms with Crippen LogP contribution in [0.3, 0.4) is 0 Å². The van der Waals surface area contributed by atoms with Crippen LogP contribution < -0.4 is 5.32 Å². The number of piperidine rings is 1. The zero-order valence-corrected chi connectivity index (χ0v) is 9.82. The first-order chi connectivity index (χ1) is 8.30. The Bertz CT molecular complexity index is 524. The van der Waals surface area contributed by atoms with Crippen LogP contribution >= 0.6 is 0 Å². The van der Waals surface area contributed by atoms with Crippen molar-refractivity contribution in [3.63, 3.8) is 0 Å². The fourth-order valence-corrected chi connectivity index (χ4v) is 2.75. The van der Waals surface area contributed by atoms with Gasteiger partial charge in [-0.1, -0.05) is 42.5 Å². The van der Waals surface area contributed by atoms with Crippen molar-refractivity contribution in [1.82, 2.24) is 5.32 Å². The standard InChI is InChI=1S/C15H17NO/c17-15(9-4-10-16-11-15)14-8-3-6-12-5-1-2-7-13(12)14/h1-3,5-8,16-17H,4,9-11H2. The van der Waals surface area contributed by atoms with Gasteiger partial charge in [0.1, 0.15) is 5.60 Å². The fourth-order valence-electron chi connectivity index (χ4n) is 2.75. The molecule has 2 heteroatoms. The molecule has 2 aromatic rings. The van der Waals surface area contributed by atoms with Gasteiger partial charge < -0.3 is 10.4 Å². The van der Waals surface area contributed by atoms with Crippen molar-refractivity contribution >= 4 is 10.8 Å². The van der Waals surface area contributed by atoms with E-state index in [9.17, 15) is 5.11 Å². The number of β-amino-alcohol motifs (C(OH)–C–C–N with tert-alkyl or cyclic N) is 1. The van der Waals surface area contributed by atoms with Crippen LogP contribution in [-0.4, -0.2) is 18.2 Å². The summed E-state index contributed by atoms with van der Waals surface area (Å²) >= 11 is 0. The quantitative estimate of drug-likeness (QED) is 0.784. The predicted molar refractivity (Wildman–Crippen MR) is 69.9 cm³/mol. The van der Waals surface area contributed by atoms with Gasteiger partial charge in [-0.05, 0) is 35.7 Å². The summed E-state index contributed by atoms with van der Waals surface area (Å²) in [6.45, 7) is 1.66. The average Bonchev–Trinajstić information content (AvgIpc) is 2.39. The first-order valence-corrected chi connectivity index (χ1v) is 6.21. The minimum atomic E-state index is -0.709. The summed E-state index contributed by atoms with van der Waals surface area (Å²) < 4.78 is 0. The molecule has 1 saturated heterocycles. The summed E-state index contributed by atoms with van der Waals surface area (Å²) in [7, 11) is 0. The zero-order valence-electron chi connectivity index (χ0n) is 9.82. The molecule has 17 heavy (non-hydrogen) atoms. The van der Waals surface area contributed by atoms with Crippen LogP contribution in [0.15, 0.2) is 42.5 Å². The summed E-state index contributed by atoms with van der Waals surface area (Å²) in [5.41, 5.74) is 0.349. The van der Waals surface area contributed by atoms with Crippen LogP contribution in [0.25, 0.3) is 10.8 Å². The lowest BCUT2D eigenvalue weighted by Gasteiger charge is -2.34. The molecule has 0 saturated carbocycles. The molecule has 0 aromatic heterocycles. The van der Waals surface area contributed by atoms with Crippen molar-refractivity contribution < 1.29 is 5.11 Å². The third-order valence-corrected chi connectivity index (χ3v) is 3.65. The molecule has 1 fully saturated rings. The van der Waals surface area contributed by atoms with E-state index in [1.807, 2.05) is 18.2 Å². The Hall–Kier alpha value is -1.38. The van der Waals surface area contributed by atoms with Crippen molar-refractivity contribution in [1.29, 1.82) is 0 Å². The molecular formula is C15H17NO. The summed E-state index contributed by atoms with van der Waals surface area (Å²) in [6, 6.07) is 14.4. The molecule has 1 unspecified atom stereocenters. The van der Waals surface area contributed by atoms with Gasteiger partial charge in [-0.3, -0.25) is 0 Å². The molecule has 0 spiro atoms. The van der Waals surface area contributed by atoms with E-state index >= 15 is 0 Å². The minimum Gasteiger partial charge on any atom is -0.384 e. The van der Waals surface area contributed by atoms with E-state index in [0.717, 1.165) is 24.9 Å². The SMILES string of the molecule is OC1(c2cccc3ccccc23)CCCNC1. The average molecular weight is 227 g/mol. The predicted octanol–water partition coefficient (Wildman–Crippen LogP) is 2.41. The Labute approximate surface area is 101 Å². The highest BCUT2D eigenvalue weighted by Crippen LogP contribution is 2.33. The molecule has 0 aliphatic carbocycles. The molecule has 1 aliphatic rings. The lowest BCUT2D eigenvalue weighted by atomic mass is 9.84. The molecule has 1 atom stereocenters. The van der Waals surface area contributed by atoms with E-state index in [1.54, 1.807) is 0 Å². The van der Waals surface area contributed by atoms with E-state index in [0.29, 0.717) is 6.54 Å². The number of fused-ring (bicyclic) bond motifs is 1. The molecule has 0 radical (unpaired) electrons. The molecule has 2 aromatic carbocycles. The van der Waals surface area contributed by atoms with Gasteiger partial charge >= 0.3 is 0 Å². The van der Waals surface area contributed by atoms with Crippen LogP contribution in [0.1, 0.15) is 18.4 Å². The molecular weight excluding hydrogens is 210 g/mol. The summed E-state index contributed by atoms with van der Waals surface area (Å²) in [5, 5.41) is 16.4. The number of rotatable bonds is 1. The second-order valence-electron chi connectivity index (χ2n) is 4.84. The van der Waals surface area contributed by atoms with Crippen LogP contribution in [0, 0.1) is 0 Å². The van der Waals surface area contributed by atoms with Crippen molar-refractivity contribution in [3.05, 3.63) is 48.0 Å². The number of aliphatic hydroxyl groups is 1. The number of hydrogen-bond acceptors (Lipinski definition) is 2. The van der Waals surface area contributed by atoms with Crippen LogP contribution in [0.4, 0.5) is 0 Å². The molecule has 1 heterocycles. The molecule has 2 N–H and O–H groups in total. The summed E-state index contributed by atoms with van der Waals surface area (Å²) in [5.74, 6) is 0. The second kappa shape index (κ2) is 4.13. The minimum absolute atomic E-state index is 0.654. The van der Waals surface area contributed by atoms with Crippen LogP contribution in [-0.2, 0) is 5.60 Å². The van der Waals surface area contributed by atoms with Gasteiger partial charge in [0.05, 0.1) is 0 Å². The Balaban J connectivity index is 2.16. The molecule has 1 aliphatic heterocycles. The van der Waals surface area contributed by atoms with E-state index < -0.39 is 5.60 Å². The normalized spacial score (nSPS) is 25.0. The zero-order chi connectivity index (χ0) is 11.7. The molecule has 2 nitrogen and oxygen atoms in total. The van der Waals surface area contributed by atoms with E-state index in [1.165, 1.54) is 10.8 Å². The molecule has 88 valence electrons. The smallest absolute Gasteiger partial charge is 0.103 e. The topological polar surface area (TPSA) is 32.3 Å². The highest BCUT2D eigenvalue weighted by Gasteiger charge is 2.32. The fraction of sp³-hybridized carbons (Fsp3) is 0.333. The van der Waals surface area contributed by atoms with E-state index in [-0.39, 0.29) is 0 Å². The summed E-state index contributed by atoms with van der Waals surface area (Å²) in [4.78, 5) is 0. The van der Waals surface area contributed by atoms with Crippen molar-refractivity contribution in [2.75, 3.05) is 13.1 Å².